The maximum atomic E-state index is 12.2. The quantitative estimate of drug-likeness (QED) is 0.718. The molecule has 0 aliphatic rings. The molecule has 0 amide bonds. The number of aryl methyl sites for hydroxylation is 2. The zero-order valence-corrected chi connectivity index (χ0v) is 14.4. The number of Topliss-reactive ketones (excluding diaryl/α,β-unsaturated/α-hetero) is 1. The molecule has 0 saturated heterocycles. The van der Waals surface area contributed by atoms with Crippen molar-refractivity contribution in [1.82, 2.24) is 0 Å². The second kappa shape index (κ2) is 7.37. The summed E-state index contributed by atoms with van der Waals surface area (Å²) in [5.41, 5.74) is 2.55. The summed E-state index contributed by atoms with van der Waals surface area (Å²) in [7, 11) is 0. The van der Waals surface area contributed by atoms with Gasteiger partial charge in [0, 0.05) is 12.8 Å². The van der Waals surface area contributed by atoms with Gasteiger partial charge in [-0.15, -0.1) is 0 Å². The summed E-state index contributed by atoms with van der Waals surface area (Å²) in [5, 5.41) is 0. The second-order valence-corrected chi connectivity index (χ2v) is 7.22. The van der Waals surface area contributed by atoms with Gasteiger partial charge in [-0.05, 0) is 54.5 Å². The predicted molar refractivity (Wildman–Crippen MR) is 84.9 cm³/mol. The lowest BCUT2D eigenvalue weighted by atomic mass is 9.88. The van der Waals surface area contributed by atoms with E-state index in [1.807, 2.05) is 0 Å². The fraction of sp³-hybridized carbons (Fsp3) is 0.611. The van der Waals surface area contributed by atoms with Crippen molar-refractivity contribution in [1.29, 1.82) is 0 Å². The van der Waals surface area contributed by atoms with E-state index in [1.54, 1.807) is 26.0 Å². The monoisotopic (exact) mass is 330 g/mol. The molecule has 0 aliphatic heterocycles. The summed E-state index contributed by atoms with van der Waals surface area (Å²) in [6.07, 6.45) is -2.72. The molecule has 1 aromatic rings. The summed E-state index contributed by atoms with van der Waals surface area (Å²) in [4.78, 5) is 12.1. The summed E-state index contributed by atoms with van der Waals surface area (Å²) < 4.78 is 41.4. The Labute approximate surface area is 136 Å². The van der Waals surface area contributed by atoms with Gasteiger partial charge >= 0.3 is 6.18 Å². The molecule has 0 atom stereocenters. The van der Waals surface area contributed by atoms with Crippen molar-refractivity contribution in [3.8, 4) is 5.75 Å². The molecule has 0 spiro atoms. The van der Waals surface area contributed by atoms with Gasteiger partial charge in [0.25, 0.3) is 0 Å². The summed E-state index contributed by atoms with van der Waals surface area (Å²) in [6.45, 7) is 8.53. The number of carbonyl (C=O) groups is 1. The second-order valence-electron chi connectivity index (χ2n) is 7.22. The topological polar surface area (TPSA) is 26.3 Å². The van der Waals surface area contributed by atoms with Crippen molar-refractivity contribution in [3.63, 3.8) is 0 Å². The van der Waals surface area contributed by atoms with E-state index in [-0.39, 0.29) is 16.9 Å². The highest BCUT2D eigenvalue weighted by molar-refractivity contribution is 5.81. The highest BCUT2D eigenvalue weighted by atomic mass is 19.4. The smallest absolute Gasteiger partial charge is 0.422 e. The number of ketones is 1. The van der Waals surface area contributed by atoms with Gasteiger partial charge in [-0.25, -0.2) is 0 Å². The molecule has 5 heteroatoms. The van der Waals surface area contributed by atoms with Crippen molar-refractivity contribution in [3.05, 3.63) is 28.8 Å². The molecule has 0 radical (unpaired) electrons. The van der Waals surface area contributed by atoms with Crippen LogP contribution in [0.3, 0.4) is 0 Å². The Kier molecular flexibility index (Phi) is 6.25. The maximum absolute atomic E-state index is 12.2. The Morgan fingerprint density at radius 3 is 2.04 bits per heavy atom. The van der Waals surface area contributed by atoms with E-state index in [1.165, 1.54) is 0 Å². The number of ether oxygens (including phenoxy) is 1. The number of alkyl halides is 3. The van der Waals surface area contributed by atoms with Crippen LogP contribution < -0.4 is 4.74 Å². The molecule has 0 unspecified atom stereocenters. The third-order valence-corrected chi connectivity index (χ3v) is 3.60. The summed E-state index contributed by atoms with van der Waals surface area (Å²) >= 11 is 0. The Balaban J connectivity index is 2.75. The first-order valence-corrected chi connectivity index (χ1v) is 7.69. The van der Waals surface area contributed by atoms with E-state index in [2.05, 4.69) is 20.8 Å². The van der Waals surface area contributed by atoms with E-state index in [0.717, 1.165) is 23.1 Å². The van der Waals surface area contributed by atoms with Crippen LogP contribution in [0.15, 0.2) is 12.1 Å². The Bertz CT molecular complexity index is 531. The molecule has 130 valence electrons. The first-order chi connectivity index (χ1) is 10.4. The standard InChI is InChI=1S/C18H25F3O2/c1-12-8-15(23-11-18(19,20)21)9-13(2)16(12)10-14(22)6-7-17(3,4)5/h8-9H,6-7,10-11H2,1-5H3. The van der Waals surface area contributed by atoms with Crippen LogP contribution in [0.4, 0.5) is 13.2 Å². The van der Waals surface area contributed by atoms with Crippen LogP contribution in [-0.2, 0) is 11.2 Å². The van der Waals surface area contributed by atoms with Crippen LogP contribution in [0.2, 0.25) is 0 Å². The number of rotatable bonds is 6. The van der Waals surface area contributed by atoms with E-state index in [9.17, 15) is 18.0 Å². The number of benzene rings is 1. The third kappa shape index (κ3) is 7.53. The zero-order valence-electron chi connectivity index (χ0n) is 14.4. The van der Waals surface area contributed by atoms with Crippen LogP contribution in [0, 0.1) is 19.3 Å². The van der Waals surface area contributed by atoms with Gasteiger partial charge in [0.2, 0.25) is 0 Å². The molecule has 0 aromatic heterocycles. The Morgan fingerprint density at radius 2 is 1.61 bits per heavy atom. The SMILES string of the molecule is Cc1cc(OCC(F)(F)F)cc(C)c1CC(=O)CCC(C)(C)C. The molecule has 1 rings (SSSR count). The molecular formula is C18H25F3O2. The van der Waals surface area contributed by atoms with E-state index >= 15 is 0 Å². The van der Waals surface area contributed by atoms with Gasteiger partial charge in [0.15, 0.2) is 6.61 Å². The first-order valence-electron chi connectivity index (χ1n) is 7.69. The fourth-order valence-corrected chi connectivity index (χ4v) is 2.28. The van der Waals surface area contributed by atoms with Crippen LogP contribution in [-0.4, -0.2) is 18.6 Å². The minimum absolute atomic E-state index is 0.106. The minimum atomic E-state index is -4.36. The van der Waals surface area contributed by atoms with Crippen LogP contribution >= 0.6 is 0 Å². The fourth-order valence-electron chi connectivity index (χ4n) is 2.28. The normalized spacial score (nSPS) is 12.3. The molecule has 0 heterocycles. The largest absolute Gasteiger partial charge is 0.484 e. The van der Waals surface area contributed by atoms with Crippen molar-refractivity contribution in [2.45, 2.75) is 60.1 Å². The average Bonchev–Trinajstić information content (AvgIpc) is 2.36. The maximum Gasteiger partial charge on any atom is 0.422 e. The highest BCUT2D eigenvalue weighted by Gasteiger charge is 2.28. The van der Waals surface area contributed by atoms with Crippen LogP contribution in [0.5, 0.6) is 5.75 Å². The first kappa shape index (κ1) is 19.5. The van der Waals surface area contributed by atoms with Gasteiger partial charge in [-0.1, -0.05) is 20.8 Å². The van der Waals surface area contributed by atoms with Gasteiger partial charge in [0.1, 0.15) is 11.5 Å². The van der Waals surface area contributed by atoms with Crippen LogP contribution in [0.25, 0.3) is 0 Å². The zero-order chi connectivity index (χ0) is 17.8. The van der Waals surface area contributed by atoms with E-state index in [0.29, 0.717) is 12.8 Å². The molecule has 0 aliphatic carbocycles. The summed E-state index contributed by atoms with van der Waals surface area (Å²) in [6, 6.07) is 3.12. The van der Waals surface area contributed by atoms with Gasteiger partial charge in [-0.2, -0.15) is 13.2 Å². The van der Waals surface area contributed by atoms with Crippen molar-refractivity contribution >= 4 is 5.78 Å². The number of carbonyl (C=O) groups excluding carboxylic acids is 1. The predicted octanol–water partition coefficient (Wildman–Crippen LogP) is 5.18. The lowest BCUT2D eigenvalue weighted by Gasteiger charge is -2.18. The van der Waals surface area contributed by atoms with E-state index < -0.39 is 12.8 Å². The highest BCUT2D eigenvalue weighted by Crippen LogP contribution is 2.26. The third-order valence-electron chi connectivity index (χ3n) is 3.60. The minimum Gasteiger partial charge on any atom is -0.484 e. The lowest BCUT2D eigenvalue weighted by Crippen LogP contribution is -2.19. The van der Waals surface area contributed by atoms with Crippen molar-refractivity contribution in [2.75, 3.05) is 6.61 Å². The molecular weight excluding hydrogens is 305 g/mol. The average molecular weight is 330 g/mol. The Hall–Kier alpha value is -1.52. The van der Waals surface area contributed by atoms with Crippen LogP contribution in [0.1, 0.15) is 50.3 Å². The summed E-state index contributed by atoms with van der Waals surface area (Å²) in [5.74, 6) is 0.332. The van der Waals surface area contributed by atoms with Gasteiger partial charge in [-0.3, -0.25) is 4.79 Å². The number of hydrogen-bond donors (Lipinski definition) is 0. The molecule has 1 aromatic carbocycles. The van der Waals surface area contributed by atoms with Gasteiger partial charge < -0.3 is 4.74 Å². The number of hydrogen-bond acceptors (Lipinski definition) is 2. The lowest BCUT2D eigenvalue weighted by molar-refractivity contribution is -0.153. The Morgan fingerprint density at radius 1 is 1.09 bits per heavy atom. The molecule has 0 bridgehead atoms. The molecule has 0 saturated carbocycles. The van der Waals surface area contributed by atoms with Gasteiger partial charge in [0.05, 0.1) is 0 Å². The molecule has 23 heavy (non-hydrogen) atoms. The molecule has 0 fully saturated rings. The molecule has 0 N–H and O–H groups in total. The molecule has 2 nitrogen and oxygen atoms in total. The van der Waals surface area contributed by atoms with Crippen molar-refractivity contribution < 1.29 is 22.7 Å². The van der Waals surface area contributed by atoms with E-state index in [4.69, 9.17) is 4.74 Å². The number of halogens is 3. The van der Waals surface area contributed by atoms with Crippen molar-refractivity contribution in [2.24, 2.45) is 5.41 Å².